The average molecular weight is 207 g/mol. The Morgan fingerprint density at radius 1 is 0.600 bits per heavy atom. The van der Waals surface area contributed by atoms with Gasteiger partial charge in [-0.25, -0.2) is 0 Å². The molecule has 1 heteroatoms. The second-order valence-electron chi connectivity index (χ2n) is 4.94. The van der Waals surface area contributed by atoms with Crippen molar-refractivity contribution in [2.45, 2.75) is 77.0 Å². The van der Waals surface area contributed by atoms with Gasteiger partial charge in [0.2, 0.25) is 0 Å². The molecule has 1 aliphatic carbocycles. The van der Waals surface area contributed by atoms with Gasteiger partial charge in [-0.15, -0.1) is 0 Å². The van der Waals surface area contributed by atoms with Crippen LogP contribution in [-0.4, -0.2) is 0 Å². The quantitative estimate of drug-likeness (QED) is 0.558. The third-order valence-electron chi connectivity index (χ3n) is 3.54. The molecule has 1 rings (SSSR count). The van der Waals surface area contributed by atoms with Crippen molar-refractivity contribution >= 4 is 0 Å². The smallest absolute Gasteiger partial charge is 0.0655 e. The topological polar surface area (TPSA) is 23.8 Å². The number of nitriles is 1. The van der Waals surface area contributed by atoms with Gasteiger partial charge < -0.3 is 0 Å². The van der Waals surface area contributed by atoms with Crippen molar-refractivity contribution in [3.8, 4) is 6.07 Å². The predicted octanol–water partition coefficient (Wildman–Crippen LogP) is 4.82. The summed E-state index contributed by atoms with van der Waals surface area (Å²) in [5.74, 6) is 0.353. The third-order valence-corrected chi connectivity index (χ3v) is 3.54. The first-order chi connectivity index (χ1) is 7.43. The van der Waals surface area contributed by atoms with E-state index >= 15 is 0 Å². The van der Waals surface area contributed by atoms with Crippen molar-refractivity contribution in [2.75, 3.05) is 0 Å². The van der Waals surface area contributed by atoms with E-state index in [1.54, 1.807) is 0 Å². The molecule has 0 bridgehead atoms. The fourth-order valence-corrected chi connectivity index (χ4v) is 2.47. The zero-order valence-electron chi connectivity index (χ0n) is 10.0. The molecule has 15 heavy (non-hydrogen) atoms. The van der Waals surface area contributed by atoms with E-state index in [1.807, 2.05) is 0 Å². The highest BCUT2D eigenvalue weighted by Crippen LogP contribution is 2.20. The third kappa shape index (κ3) is 6.55. The van der Waals surface area contributed by atoms with Gasteiger partial charge in [0.05, 0.1) is 6.07 Å². The number of rotatable bonds is 0. The first kappa shape index (κ1) is 12.6. The van der Waals surface area contributed by atoms with Crippen LogP contribution in [0.3, 0.4) is 0 Å². The molecule has 0 aromatic heterocycles. The van der Waals surface area contributed by atoms with Gasteiger partial charge in [-0.3, -0.25) is 0 Å². The van der Waals surface area contributed by atoms with E-state index in [9.17, 15) is 0 Å². The average Bonchev–Trinajstić information content (AvgIpc) is 2.29. The van der Waals surface area contributed by atoms with Crippen LogP contribution in [0.4, 0.5) is 0 Å². The minimum atomic E-state index is 0.353. The van der Waals surface area contributed by atoms with Gasteiger partial charge in [0, 0.05) is 5.92 Å². The lowest BCUT2D eigenvalue weighted by atomic mass is 9.96. The summed E-state index contributed by atoms with van der Waals surface area (Å²) < 4.78 is 0. The molecule has 0 atom stereocenters. The van der Waals surface area contributed by atoms with E-state index in [-0.39, 0.29) is 0 Å². The fourth-order valence-electron chi connectivity index (χ4n) is 2.47. The molecular weight excluding hydrogens is 182 g/mol. The summed E-state index contributed by atoms with van der Waals surface area (Å²) >= 11 is 0. The number of hydrogen-bond donors (Lipinski definition) is 0. The first-order valence-corrected chi connectivity index (χ1v) is 6.83. The minimum Gasteiger partial charge on any atom is -0.198 e. The van der Waals surface area contributed by atoms with E-state index in [1.165, 1.54) is 64.2 Å². The van der Waals surface area contributed by atoms with Gasteiger partial charge in [0.1, 0.15) is 0 Å². The maximum absolute atomic E-state index is 9.00. The Hall–Kier alpha value is -0.510. The molecule has 1 saturated carbocycles. The SMILES string of the molecule is N#CC1CCCCCCCCCCCC1. The van der Waals surface area contributed by atoms with E-state index < -0.39 is 0 Å². The number of hydrogen-bond acceptors (Lipinski definition) is 1. The van der Waals surface area contributed by atoms with Crippen LogP contribution in [0.2, 0.25) is 0 Å². The Morgan fingerprint density at radius 2 is 0.933 bits per heavy atom. The van der Waals surface area contributed by atoms with Crippen LogP contribution in [0.5, 0.6) is 0 Å². The van der Waals surface area contributed by atoms with Gasteiger partial charge in [0.25, 0.3) is 0 Å². The largest absolute Gasteiger partial charge is 0.198 e. The van der Waals surface area contributed by atoms with Crippen LogP contribution in [-0.2, 0) is 0 Å². The van der Waals surface area contributed by atoms with Crippen LogP contribution in [0, 0.1) is 17.2 Å². The van der Waals surface area contributed by atoms with E-state index in [2.05, 4.69) is 6.07 Å². The molecule has 0 saturated heterocycles. The lowest BCUT2D eigenvalue weighted by molar-refractivity contribution is 0.485. The number of nitrogens with zero attached hydrogens (tertiary/aromatic N) is 1. The standard InChI is InChI=1S/C14H25N/c15-13-14-11-9-7-5-3-1-2-4-6-8-10-12-14/h14H,1-12H2. The Balaban J connectivity index is 2.21. The molecule has 0 spiro atoms. The Kier molecular flexibility index (Phi) is 7.34. The highest BCUT2D eigenvalue weighted by Gasteiger charge is 2.07. The summed E-state index contributed by atoms with van der Waals surface area (Å²) in [7, 11) is 0. The summed E-state index contributed by atoms with van der Waals surface area (Å²) in [6.07, 6.45) is 16.0. The van der Waals surface area contributed by atoms with Gasteiger partial charge >= 0.3 is 0 Å². The predicted molar refractivity (Wildman–Crippen MR) is 64.5 cm³/mol. The monoisotopic (exact) mass is 207 g/mol. The summed E-state index contributed by atoms with van der Waals surface area (Å²) in [5, 5.41) is 9.00. The molecule has 0 radical (unpaired) electrons. The second kappa shape index (κ2) is 8.77. The van der Waals surface area contributed by atoms with Crippen molar-refractivity contribution < 1.29 is 0 Å². The van der Waals surface area contributed by atoms with Gasteiger partial charge in [-0.05, 0) is 12.8 Å². The summed E-state index contributed by atoms with van der Waals surface area (Å²) in [6.45, 7) is 0. The molecule has 0 aromatic carbocycles. The van der Waals surface area contributed by atoms with Crippen molar-refractivity contribution in [3.63, 3.8) is 0 Å². The fraction of sp³-hybridized carbons (Fsp3) is 0.929. The maximum Gasteiger partial charge on any atom is 0.0655 e. The van der Waals surface area contributed by atoms with E-state index in [0.717, 1.165) is 12.8 Å². The zero-order chi connectivity index (χ0) is 10.8. The Morgan fingerprint density at radius 3 is 1.27 bits per heavy atom. The molecule has 1 nitrogen and oxygen atoms in total. The lowest BCUT2D eigenvalue weighted by Gasteiger charge is -2.07. The van der Waals surface area contributed by atoms with Gasteiger partial charge in [-0.2, -0.15) is 5.26 Å². The van der Waals surface area contributed by atoms with Crippen LogP contribution in [0.25, 0.3) is 0 Å². The van der Waals surface area contributed by atoms with Gasteiger partial charge in [-0.1, -0.05) is 64.2 Å². The maximum atomic E-state index is 9.00. The highest BCUT2D eigenvalue weighted by molar-refractivity contribution is 4.82. The van der Waals surface area contributed by atoms with Crippen molar-refractivity contribution in [1.82, 2.24) is 0 Å². The molecule has 0 aliphatic heterocycles. The second-order valence-corrected chi connectivity index (χ2v) is 4.94. The summed E-state index contributed by atoms with van der Waals surface area (Å²) in [6, 6.07) is 2.47. The molecule has 86 valence electrons. The van der Waals surface area contributed by atoms with E-state index in [0.29, 0.717) is 5.92 Å². The molecule has 0 N–H and O–H groups in total. The lowest BCUT2D eigenvalue weighted by Crippen LogP contribution is -1.97. The summed E-state index contributed by atoms with van der Waals surface area (Å²) in [4.78, 5) is 0. The first-order valence-electron chi connectivity index (χ1n) is 6.83. The van der Waals surface area contributed by atoms with Crippen molar-refractivity contribution in [3.05, 3.63) is 0 Å². The molecule has 0 heterocycles. The Bertz CT molecular complexity index is 166. The van der Waals surface area contributed by atoms with Gasteiger partial charge in [0.15, 0.2) is 0 Å². The Labute approximate surface area is 94.9 Å². The van der Waals surface area contributed by atoms with Crippen molar-refractivity contribution in [1.29, 1.82) is 5.26 Å². The van der Waals surface area contributed by atoms with Crippen LogP contribution < -0.4 is 0 Å². The van der Waals surface area contributed by atoms with Crippen LogP contribution in [0.15, 0.2) is 0 Å². The van der Waals surface area contributed by atoms with Crippen LogP contribution >= 0.6 is 0 Å². The normalized spacial score (nSPS) is 23.1. The molecule has 1 fully saturated rings. The minimum absolute atomic E-state index is 0.353. The molecule has 1 aliphatic rings. The van der Waals surface area contributed by atoms with E-state index in [4.69, 9.17) is 5.26 Å². The molecular formula is C14H25N. The molecule has 0 unspecified atom stereocenters. The van der Waals surface area contributed by atoms with Crippen molar-refractivity contribution in [2.24, 2.45) is 5.92 Å². The zero-order valence-corrected chi connectivity index (χ0v) is 10.0. The molecule has 0 amide bonds. The highest BCUT2D eigenvalue weighted by atomic mass is 14.3. The van der Waals surface area contributed by atoms with Crippen LogP contribution in [0.1, 0.15) is 77.0 Å². The summed E-state index contributed by atoms with van der Waals surface area (Å²) in [5.41, 5.74) is 0. The molecule has 0 aromatic rings.